The Morgan fingerprint density at radius 1 is 1.33 bits per heavy atom. The summed E-state index contributed by atoms with van der Waals surface area (Å²) >= 11 is 5.31. The maximum absolute atomic E-state index is 10.9. The van der Waals surface area contributed by atoms with Crippen LogP contribution in [0.1, 0.15) is 5.56 Å². The summed E-state index contributed by atoms with van der Waals surface area (Å²) in [6.07, 6.45) is 2.58. The van der Waals surface area contributed by atoms with E-state index < -0.39 is 12.1 Å². The summed E-state index contributed by atoms with van der Waals surface area (Å²) in [4.78, 5) is 21.7. The first-order chi connectivity index (χ1) is 8.65. The highest BCUT2D eigenvalue weighted by Crippen LogP contribution is 2.13. The van der Waals surface area contributed by atoms with Gasteiger partial charge in [-0.25, -0.2) is 4.79 Å². The molecule has 18 heavy (non-hydrogen) atoms. The maximum atomic E-state index is 10.9. The van der Waals surface area contributed by atoms with E-state index in [9.17, 15) is 9.59 Å². The molecule has 1 aromatic rings. The molecular weight excluding hydrogens is 258 g/mol. The van der Waals surface area contributed by atoms with Crippen molar-refractivity contribution < 1.29 is 19.1 Å². The van der Waals surface area contributed by atoms with Gasteiger partial charge in [-0.05, 0) is 23.8 Å². The lowest BCUT2D eigenvalue weighted by molar-refractivity contribution is -0.131. The van der Waals surface area contributed by atoms with Gasteiger partial charge in [-0.1, -0.05) is 12.1 Å². The molecular formula is C12H12ClNO4. The van der Waals surface area contributed by atoms with E-state index >= 15 is 0 Å². The monoisotopic (exact) mass is 269 g/mol. The topological polar surface area (TPSA) is 64.6 Å². The van der Waals surface area contributed by atoms with Gasteiger partial charge in [-0.3, -0.25) is 10.1 Å². The van der Waals surface area contributed by atoms with Crippen LogP contribution in [0, 0.1) is 0 Å². The molecule has 5 nitrogen and oxygen atoms in total. The zero-order valence-corrected chi connectivity index (χ0v) is 10.4. The second-order valence-corrected chi connectivity index (χ2v) is 3.41. The molecule has 0 radical (unpaired) electrons. The summed E-state index contributed by atoms with van der Waals surface area (Å²) in [7, 11) is 1.28. The number of hydrogen-bond acceptors (Lipinski definition) is 4. The molecule has 0 heterocycles. The van der Waals surface area contributed by atoms with E-state index in [1.165, 1.54) is 13.3 Å². The average Bonchev–Trinajstić information content (AvgIpc) is 2.40. The number of alkyl carbamates (subject to hydrolysis) is 1. The number of hydrogen-bond donors (Lipinski definition) is 1. The van der Waals surface area contributed by atoms with E-state index in [1.54, 1.807) is 30.3 Å². The van der Waals surface area contributed by atoms with Crippen LogP contribution in [0.25, 0.3) is 6.08 Å². The first-order valence-corrected chi connectivity index (χ1v) is 5.57. The predicted molar refractivity (Wildman–Crippen MR) is 67.4 cm³/mol. The largest absolute Gasteiger partial charge is 0.453 e. The van der Waals surface area contributed by atoms with Gasteiger partial charge in [-0.2, -0.15) is 0 Å². The fourth-order valence-corrected chi connectivity index (χ4v) is 1.13. The molecule has 1 aromatic carbocycles. The first kappa shape index (κ1) is 14.1. The summed E-state index contributed by atoms with van der Waals surface area (Å²) in [6, 6.07) is 6.71. The molecule has 0 saturated heterocycles. The van der Waals surface area contributed by atoms with Gasteiger partial charge < -0.3 is 9.47 Å². The third kappa shape index (κ3) is 4.88. The highest BCUT2D eigenvalue weighted by molar-refractivity contribution is 6.26. The number of nitrogens with one attached hydrogen (secondary N) is 1. The van der Waals surface area contributed by atoms with Crippen LogP contribution in [0.15, 0.2) is 30.5 Å². The SMILES string of the molecule is COC(=O)NC=Cc1ccc(OC(=O)CCl)cc1. The lowest BCUT2D eigenvalue weighted by Crippen LogP contribution is -2.15. The summed E-state index contributed by atoms with van der Waals surface area (Å²) < 4.78 is 9.29. The van der Waals surface area contributed by atoms with Crippen LogP contribution in [0.2, 0.25) is 0 Å². The van der Waals surface area contributed by atoms with Gasteiger partial charge in [0.25, 0.3) is 0 Å². The van der Waals surface area contributed by atoms with Crippen molar-refractivity contribution in [3.05, 3.63) is 36.0 Å². The number of rotatable bonds is 4. The summed E-state index contributed by atoms with van der Waals surface area (Å²) in [5, 5.41) is 2.39. The quantitative estimate of drug-likeness (QED) is 0.517. The van der Waals surface area contributed by atoms with E-state index in [0.717, 1.165) is 5.56 Å². The predicted octanol–water partition coefficient (Wildman–Crippen LogP) is 2.16. The number of amides is 1. The molecule has 6 heteroatoms. The van der Waals surface area contributed by atoms with Gasteiger partial charge in [0, 0.05) is 6.20 Å². The van der Waals surface area contributed by atoms with Gasteiger partial charge in [0.2, 0.25) is 0 Å². The van der Waals surface area contributed by atoms with Crippen molar-refractivity contribution in [3.63, 3.8) is 0 Å². The molecule has 96 valence electrons. The number of benzene rings is 1. The standard InChI is InChI=1S/C12H12ClNO4/c1-17-12(16)14-7-6-9-2-4-10(5-3-9)18-11(15)8-13/h2-7H,8H2,1H3,(H,14,16). The van der Waals surface area contributed by atoms with Crippen LogP contribution in [-0.2, 0) is 9.53 Å². The minimum atomic E-state index is -0.543. The highest BCUT2D eigenvalue weighted by atomic mass is 35.5. The molecule has 0 bridgehead atoms. The Kier molecular flexibility index (Phi) is 5.73. The van der Waals surface area contributed by atoms with Gasteiger partial charge >= 0.3 is 12.1 Å². The molecule has 0 unspecified atom stereocenters. The van der Waals surface area contributed by atoms with E-state index in [4.69, 9.17) is 16.3 Å². The van der Waals surface area contributed by atoms with Gasteiger partial charge in [0.1, 0.15) is 11.6 Å². The molecule has 0 atom stereocenters. The molecule has 0 aliphatic carbocycles. The minimum Gasteiger partial charge on any atom is -0.453 e. The van der Waals surface area contributed by atoms with Crippen molar-refractivity contribution in [2.24, 2.45) is 0 Å². The van der Waals surface area contributed by atoms with E-state index in [-0.39, 0.29) is 5.88 Å². The fraction of sp³-hybridized carbons (Fsp3) is 0.167. The Hall–Kier alpha value is -2.01. The summed E-state index contributed by atoms with van der Waals surface area (Å²) in [5.74, 6) is -0.281. The van der Waals surface area contributed by atoms with Crippen molar-refractivity contribution in [2.45, 2.75) is 0 Å². The zero-order valence-electron chi connectivity index (χ0n) is 9.68. The van der Waals surface area contributed by atoms with E-state index in [0.29, 0.717) is 5.75 Å². The number of methoxy groups -OCH3 is 1. The first-order valence-electron chi connectivity index (χ1n) is 5.03. The summed E-state index contributed by atoms with van der Waals surface area (Å²) in [6.45, 7) is 0. The average molecular weight is 270 g/mol. The molecule has 1 rings (SSSR count). The molecule has 0 aliphatic heterocycles. The third-order valence-corrected chi connectivity index (χ3v) is 2.10. The smallest absolute Gasteiger partial charge is 0.410 e. The van der Waals surface area contributed by atoms with Crippen LogP contribution in [-0.4, -0.2) is 25.1 Å². The lowest BCUT2D eigenvalue weighted by Gasteiger charge is -2.02. The van der Waals surface area contributed by atoms with Crippen molar-refractivity contribution in [1.29, 1.82) is 0 Å². The lowest BCUT2D eigenvalue weighted by atomic mass is 10.2. The normalized spacial score (nSPS) is 10.1. The number of alkyl halides is 1. The van der Waals surface area contributed by atoms with Crippen LogP contribution in [0.4, 0.5) is 4.79 Å². The zero-order chi connectivity index (χ0) is 13.4. The molecule has 0 aromatic heterocycles. The molecule has 0 spiro atoms. The van der Waals surface area contributed by atoms with Crippen molar-refractivity contribution in [3.8, 4) is 5.75 Å². The summed E-state index contributed by atoms with van der Waals surface area (Å²) in [5.41, 5.74) is 0.831. The molecule has 0 aliphatic rings. The van der Waals surface area contributed by atoms with Crippen LogP contribution >= 0.6 is 11.6 Å². The number of esters is 1. The number of halogens is 1. The molecule has 1 N–H and O–H groups in total. The Morgan fingerprint density at radius 2 is 2.00 bits per heavy atom. The van der Waals surface area contributed by atoms with Gasteiger partial charge in [0.05, 0.1) is 7.11 Å². The number of ether oxygens (including phenoxy) is 2. The van der Waals surface area contributed by atoms with E-state index in [1.807, 2.05) is 0 Å². The Balaban J connectivity index is 2.55. The minimum absolute atomic E-state index is 0.190. The second kappa shape index (κ2) is 7.34. The van der Waals surface area contributed by atoms with Gasteiger partial charge in [-0.15, -0.1) is 11.6 Å². The Labute approximate surface area is 109 Å². The fourth-order valence-electron chi connectivity index (χ4n) is 1.07. The second-order valence-electron chi connectivity index (χ2n) is 3.15. The Bertz CT molecular complexity index is 442. The van der Waals surface area contributed by atoms with Crippen LogP contribution in [0.5, 0.6) is 5.75 Å². The number of carbonyl (C=O) groups is 2. The Morgan fingerprint density at radius 3 is 2.56 bits per heavy atom. The van der Waals surface area contributed by atoms with Gasteiger partial charge in [0.15, 0.2) is 0 Å². The van der Waals surface area contributed by atoms with Crippen LogP contribution < -0.4 is 10.1 Å². The number of carbonyl (C=O) groups excluding carboxylic acids is 2. The highest BCUT2D eigenvalue weighted by Gasteiger charge is 2.01. The third-order valence-electron chi connectivity index (χ3n) is 1.88. The van der Waals surface area contributed by atoms with E-state index in [2.05, 4.69) is 10.1 Å². The van der Waals surface area contributed by atoms with Crippen LogP contribution in [0.3, 0.4) is 0 Å². The molecule has 0 saturated carbocycles. The molecule has 0 fully saturated rings. The van der Waals surface area contributed by atoms with Crippen molar-refractivity contribution in [2.75, 3.05) is 13.0 Å². The molecule has 1 amide bonds. The van der Waals surface area contributed by atoms with Crippen molar-refractivity contribution >= 4 is 29.7 Å². The van der Waals surface area contributed by atoms with Crippen molar-refractivity contribution in [1.82, 2.24) is 5.32 Å². The maximum Gasteiger partial charge on any atom is 0.410 e.